The number of anilines is 1. The Kier molecular flexibility index (Phi) is 3.43. The van der Waals surface area contributed by atoms with Crippen LogP contribution in [-0.2, 0) is 12.0 Å². The summed E-state index contributed by atoms with van der Waals surface area (Å²) in [5, 5.41) is 6.60. The van der Waals surface area contributed by atoms with Crippen molar-refractivity contribution in [1.82, 2.24) is 9.97 Å². The van der Waals surface area contributed by atoms with Gasteiger partial charge in [-0.15, -0.1) is 11.3 Å². The van der Waals surface area contributed by atoms with Gasteiger partial charge in [0.05, 0.1) is 22.9 Å². The third kappa shape index (κ3) is 3.27. The molecule has 0 fully saturated rings. The maximum Gasteiger partial charge on any atom is 0.0982 e. The summed E-state index contributed by atoms with van der Waals surface area (Å²) in [7, 11) is 0. The lowest BCUT2D eigenvalue weighted by molar-refractivity contribution is 0.583. The Bertz CT molecular complexity index is 471. The zero-order valence-electron chi connectivity index (χ0n) is 10.4. The van der Waals surface area contributed by atoms with E-state index in [1.165, 1.54) is 5.01 Å². The van der Waals surface area contributed by atoms with E-state index in [0.717, 1.165) is 17.9 Å². The number of nitrogens with zero attached hydrogens (tertiary/aromatic N) is 2. The number of thiazole rings is 1. The SMILES string of the molecule is CC(C)(C)c1nc(CNc2cccnc2)cs1. The van der Waals surface area contributed by atoms with Gasteiger partial charge in [0.2, 0.25) is 0 Å². The van der Waals surface area contributed by atoms with Gasteiger partial charge in [-0.3, -0.25) is 4.98 Å². The van der Waals surface area contributed by atoms with E-state index in [9.17, 15) is 0 Å². The molecule has 4 heteroatoms. The number of hydrogen-bond donors (Lipinski definition) is 1. The van der Waals surface area contributed by atoms with Gasteiger partial charge in [-0.1, -0.05) is 20.8 Å². The van der Waals surface area contributed by atoms with Crippen molar-refractivity contribution in [2.45, 2.75) is 32.7 Å². The zero-order valence-corrected chi connectivity index (χ0v) is 11.2. The van der Waals surface area contributed by atoms with Crippen molar-refractivity contribution in [2.24, 2.45) is 0 Å². The summed E-state index contributed by atoms with van der Waals surface area (Å²) in [6.45, 7) is 7.30. The van der Waals surface area contributed by atoms with Crippen LogP contribution in [0, 0.1) is 0 Å². The number of nitrogens with one attached hydrogen (secondary N) is 1. The molecule has 0 spiro atoms. The summed E-state index contributed by atoms with van der Waals surface area (Å²) in [6.07, 6.45) is 3.59. The normalized spacial score (nSPS) is 11.5. The highest BCUT2D eigenvalue weighted by Crippen LogP contribution is 2.25. The molecule has 0 saturated heterocycles. The molecule has 0 aliphatic rings. The lowest BCUT2D eigenvalue weighted by atomic mass is 9.98. The fraction of sp³-hybridized carbons (Fsp3) is 0.385. The highest BCUT2D eigenvalue weighted by atomic mass is 32.1. The molecule has 0 saturated carbocycles. The van der Waals surface area contributed by atoms with Crippen LogP contribution in [0.15, 0.2) is 29.9 Å². The fourth-order valence-corrected chi connectivity index (χ4v) is 2.30. The molecule has 0 atom stereocenters. The predicted octanol–water partition coefficient (Wildman–Crippen LogP) is 3.45. The van der Waals surface area contributed by atoms with Crippen molar-refractivity contribution in [3.05, 3.63) is 40.6 Å². The van der Waals surface area contributed by atoms with Gasteiger partial charge in [0.25, 0.3) is 0 Å². The maximum absolute atomic E-state index is 4.63. The Morgan fingerprint density at radius 2 is 2.18 bits per heavy atom. The quantitative estimate of drug-likeness (QED) is 0.902. The topological polar surface area (TPSA) is 37.8 Å². The van der Waals surface area contributed by atoms with Crippen molar-refractivity contribution in [3.63, 3.8) is 0 Å². The van der Waals surface area contributed by atoms with Crippen LogP contribution >= 0.6 is 11.3 Å². The van der Waals surface area contributed by atoms with Crippen LogP contribution in [0.4, 0.5) is 5.69 Å². The van der Waals surface area contributed by atoms with Crippen molar-refractivity contribution < 1.29 is 0 Å². The lowest BCUT2D eigenvalue weighted by Crippen LogP contribution is -2.11. The van der Waals surface area contributed by atoms with E-state index >= 15 is 0 Å². The summed E-state index contributed by atoms with van der Waals surface area (Å²) in [5.41, 5.74) is 2.25. The second-order valence-corrected chi connectivity index (χ2v) is 5.85. The first-order valence-electron chi connectivity index (χ1n) is 5.64. The van der Waals surface area contributed by atoms with E-state index in [4.69, 9.17) is 0 Å². The fourth-order valence-electron chi connectivity index (χ4n) is 1.39. The molecule has 90 valence electrons. The van der Waals surface area contributed by atoms with Gasteiger partial charge in [0.1, 0.15) is 0 Å². The van der Waals surface area contributed by atoms with E-state index in [1.54, 1.807) is 17.5 Å². The van der Waals surface area contributed by atoms with Gasteiger partial charge < -0.3 is 5.32 Å². The minimum absolute atomic E-state index is 0.136. The van der Waals surface area contributed by atoms with E-state index in [2.05, 4.69) is 41.4 Å². The van der Waals surface area contributed by atoms with Crippen LogP contribution in [0.1, 0.15) is 31.5 Å². The smallest absolute Gasteiger partial charge is 0.0982 e. The van der Waals surface area contributed by atoms with Gasteiger partial charge >= 0.3 is 0 Å². The van der Waals surface area contributed by atoms with Crippen LogP contribution < -0.4 is 5.32 Å². The average molecular weight is 247 g/mol. The number of pyridine rings is 1. The average Bonchev–Trinajstić information content (AvgIpc) is 2.76. The largest absolute Gasteiger partial charge is 0.378 e. The molecule has 2 aromatic heterocycles. The first-order valence-corrected chi connectivity index (χ1v) is 6.52. The molecule has 1 N–H and O–H groups in total. The van der Waals surface area contributed by atoms with Crippen molar-refractivity contribution in [2.75, 3.05) is 5.32 Å². The Hall–Kier alpha value is -1.42. The summed E-state index contributed by atoms with van der Waals surface area (Å²) in [5.74, 6) is 0. The molecule has 0 radical (unpaired) electrons. The van der Waals surface area contributed by atoms with Crippen LogP contribution in [0.25, 0.3) is 0 Å². The Morgan fingerprint density at radius 1 is 1.35 bits per heavy atom. The molecule has 0 aliphatic heterocycles. The Labute approximate surface area is 106 Å². The second-order valence-electron chi connectivity index (χ2n) is 4.99. The highest BCUT2D eigenvalue weighted by molar-refractivity contribution is 7.09. The van der Waals surface area contributed by atoms with E-state index in [-0.39, 0.29) is 5.41 Å². The third-order valence-electron chi connectivity index (χ3n) is 2.33. The molecule has 0 amide bonds. The van der Waals surface area contributed by atoms with Gasteiger partial charge in [-0.25, -0.2) is 4.98 Å². The lowest BCUT2D eigenvalue weighted by Gasteiger charge is -2.13. The van der Waals surface area contributed by atoms with Gasteiger partial charge in [0, 0.05) is 23.2 Å². The molecular weight excluding hydrogens is 230 g/mol. The summed E-state index contributed by atoms with van der Waals surface area (Å²) < 4.78 is 0. The van der Waals surface area contributed by atoms with Crippen LogP contribution in [-0.4, -0.2) is 9.97 Å². The van der Waals surface area contributed by atoms with E-state index in [0.29, 0.717) is 0 Å². The molecular formula is C13H17N3S. The predicted molar refractivity (Wildman–Crippen MR) is 72.4 cm³/mol. The minimum atomic E-state index is 0.136. The molecule has 3 nitrogen and oxygen atoms in total. The van der Waals surface area contributed by atoms with Crippen LogP contribution in [0.2, 0.25) is 0 Å². The molecule has 0 aromatic carbocycles. The van der Waals surface area contributed by atoms with Crippen LogP contribution in [0.3, 0.4) is 0 Å². The first kappa shape index (κ1) is 12.0. The van der Waals surface area contributed by atoms with Crippen LogP contribution in [0.5, 0.6) is 0 Å². The van der Waals surface area contributed by atoms with Gasteiger partial charge in [-0.05, 0) is 12.1 Å². The van der Waals surface area contributed by atoms with E-state index in [1.807, 2.05) is 18.3 Å². The second kappa shape index (κ2) is 4.84. The monoisotopic (exact) mass is 247 g/mol. The van der Waals surface area contributed by atoms with Crippen molar-refractivity contribution >= 4 is 17.0 Å². The summed E-state index contributed by atoms with van der Waals surface area (Å²) in [6, 6.07) is 3.92. The standard InChI is InChI=1S/C13H17N3S/c1-13(2,3)12-16-11(9-17-12)8-15-10-5-4-6-14-7-10/h4-7,9,15H,8H2,1-3H3. The first-order chi connectivity index (χ1) is 8.05. The maximum atomic E-state index is 4.63. The highest BCUT2D eigenvalue weighted by Gasteiger charge is 2.17. The number of rotatable bonds is 3. The Balaban J connectivity index is 1.99. The summed E-state index contributed by atoms with van der Waals surface area (Å²) in [4.78, 5) is 8.69. The molecule has 0 bridgehead atoms. The number of aromatic nitrogens is 2. The van der Waals surface area contributed by atoms with Crippen molar-refractivity contribution in [3.8, 4) is 0 Å². The number of hydrogen-bond acceptors (Lipinski definition) is 4. The third-order valence-corrected chi connectivity index (χ3v) is 3.65. The van der Waals surface area contributed by atoms with Crippen molar-refractivity contribution in [1.29, 1.82) is 0 Å². The Morgan fingerprint density at radius 3 is 2.76 bits per heavy atom. The molecule has 0 aliphatic carbocycles. The molecule has 2 rings (SSSR count). The van der Waals surface area contributed by atoms with Gasteiger partial charge in [0.15, 0.2) is 0 Å². The minimum Gasteiger partial charge on any atom is -0.378 e. The molecule has 0 unspecified atom stereocenters. The summed E-state index contributed by atoms with van der Waals surface area (Å²) >= 11 is 1.72. The zero-order chi connectivity index (χ0) is 12.3. The van der Waals surface area contributed by atoms with Gasteiger partial charge in [-0.2, -0.15) is 0 Å². The van der Waals surface area contributed by atoms with E-state index < -0.39 is 0 Å². The molecule has 2 aromatic rings. The molecule has 2 heterocycles. The molecule has 17 heavy (non-hydrogen) atoms.